The lowest BCUT2D eigenvalue weighted by Gasteiger charge is -2.22. The molecule has 0 saturated heterocycles. The third kappa shape index (κ3) is 4.46. The maximum Gasteiger partial charge on any atom is 0.0636 e. The number of rotatable bonds is 4. The molecule has 0 aliphatic rings. The predicted octanol–water partition coefficient (Wildman–Crippen LogP) is 14.1. The minimum atomic E-state index is -1.03. The van der Waals surface area contributed by atoms with Crippen LogP contribution in [0.15, 0.2) is 193 Å². The van der Waals surface area contributed by atoms with E-state index in [1.54, 1.807) is 0 Å². The van der Waals surface area contributed by atoms with Crippen LogP contribution in [-0.4, -0.2) is 0 Å². The summed E-state index contributed by atoms with van der Waals surface area (Å²) in [5, 5.41) is -5.16. The lowest BCUT2D eigenvalue weighted by atomic mass is 9.81. The third-order valence-electron chi connectivity index (χ3n) is 8.36. The van der Waals surface area contributed by atoms with E-state index in [2.05, 4.69) is 0 Å². The first-order valence-corrected chi connectivity index (χ1v) is 15.0. The van der Waals surface area contributed by atoms with Crippen molar-refractivity contribution >= 4 is 53.9 Å². The zero-order valence-electron chi connectivity index (χ0n) is 54.2. The Hall–Kier alpha value is -6.50. The highest BCUT2D eigenvalue weighted by atomic mass is 14.2. The lowest BCUT2D eigenvalue weighted by molar-refractivity contribution is 1.63. The molecule has 50 heavy (non-hydrogen) atoms. The summed E-state index contributed by atoms with van der Waals surface area (Å²) in [4.78, 5) is 0. The van der Waals surface area contributed by atoms with Crippen LogP contribution in [0.1, 0.15) is 39.8 Å². The van der Waals surface area contributed by atoms with Crippen molar-refractivity contribution in [2.75, 3.05) is 0 Å². The summed E-state index contributed by atoms with van der Waals surface area (Å²) in [6, 6.07) is -22.3. The van der Waals surface area contributed by atoms with Crippen molar-refractivity contribution in [3.05, 3.63) is 193 Å². The topological polar surface area (TPSA) is 0 Å². The van der Waals surface area contributed by atoms with Crippen molar-refractivity contribution in [3.8, 4) is 44.5 Å². The molecule has 0 amide bonds. The molecule has 10 aromatic carbocycles. The van der Waals surface area contributed by atoms with Gasteiger partial charge in [0.1, 0.15) is 0 Å². The van der Waals surface area contributed by atoms with Crippen LogP contribution < -0.4 is 0 Å². The van der Waals surface area contributed by atoms with E-state index in [0.29, 0.717) is 0 Å². The Morgan fingerprint density at radius 1 is 0.240 bits per heavy atom. The van der Waals surface area contributed by atoms with Gasteiger partial charge in [-0.3, -0.25) is 0 Å². The summed E-state index contributed by atoms with van der Waals surface area (Å²) in [6.07, 6.45) is 0. The van der Waals surface area contributed by atoms with Crippen LogP contribution in [-0.2, 0) is 0 Å². The van der Waals surface area contributed by atoms with E-state index in [4.69, 9.17) is 27.4 Å². The molecular weight excluding hydrogens is 601 g/mol. The summed E-state index contributed by atoms with van der Waals surface area (Å²) in [7, 11) is 0. The predicted molar refractivity (Wildman–Crippen MR) is 216 cm³/mol. The Bertz CT molecular complexity index is 4450. The normalized spacial score (nSPS) is 19.7. The first-order valence-electron chi connectivity index (χ1n) is 29.5. The molecule has 0 fully saturated rings. The van der Waals surface area contributed by atoms with E-state index in [-0.39, 0.29) is 10.8 Å². The van der Waals surface area contributed by atoms with Crippen LogP contribution in [0.2, 0.25) is 0 Å². The van der Waals surface area contributed by atoms with E-state index in [1.807, 2.05) is 0 Å². The molecule has 0 radical (unpaired) electrons. The van der Waals surface area contributed by atoms with Gasteiger partial charge in [0.05, 0.1) is 39.8 Å². The van der Waals surface area contributed by atoms with Crippen molar-refractivity contribution in [2.45, 2.75) is 0 Å². The monoisotopic (exact) mass is 661 g/mol. The molecular formula is C50H32. The smallest absolute Gasteiger partial charge is 0.0622 e. The molecule has 0 N–H and O–H groups in total. The standard InChI is InChI=1S/C50H32/c1-2-15-35(16-3-1)47-39-18-6-10-22-43(39)49(44-23-11-7-19-40(44)47)50-45-24-12-8-20-41(45)48(42-21-9-13-25-46(42)50)36-29-26-34(27-30-36)38-31-28-33-14-4-5-17-37(33)32-38/h1-32H/i1D,2D,3D,4D,5D,6D,7D,8D,9D,10D,11D,12D,13D,14D,15D,16D,17D,18D,19D,20D,24D,25D,26D,27D,28D,29D,30D,31D,32D. The highest BCUT2D eigenvalue weighted by molar-refractivity contribution is 6.29. The van der Waals surface area contributed by atoms with E-state index in [9.17, 15) is 12.3 Å². The highest BCUT2D eigenvalue weighted by Crippen LogP contribution is 2.50. The van der Waals surface area contributed by atoms with Crippen molar-refractivity contribution < 1.29 is 39.8 Å². The summed E-state index contributed by atoms with van der Waals surface area (Å²) in [5.74, 6) is 0. The molecule has 0 aromatic heterocycles. The molecule has 0 unspecified atom stereocenters. The Labute approximate surface area is 332 Å². The average Bonchev–Trinajstić information content (AvgIpc) is 2.58. The van der Waals surface area contributed by atoms with Gasteiger partial charge in [0.25, 0.3) is 0 Å². The SMILES string of the molecule is [2H]c1cc2c(-c3c4c([2H])c([2H])c([2H])cc4c(-c4c([2H])c([2H])c(-c5c([2H])c([2H])c6c([2H])c([2H])c([2H])c([2H])c6c5[2H])c([2H])c4[2H])c4c([2H])c([2H])c([2H])c([2H])c34)c3cc([2H])c([2H])c([2H])c3c(-c3c([2H])c([2H])c([2H])c([2H])c3[2H])c2c([2H])c1[2H]. The van der Waals surface area contributed by atoms with Gasteiger partial charge < -0.3 is 0 Å². The molecule has 0 bridgehead atoms. The Kier molecular flexibility index (Phi) is 2.74. The second kappa shape index (κ2) is 11.6. The van der Waals surface area contributed by atoms with Gasteiger partial charge in [-0.05, 0) is 104 Å². The van der Waals surface area contributed by atoms with E-state index in [1.165, 1.54) is 0 Å². The van der Waals surface area contributed by atoms with Gasteiger partial charge >= 0.3 is 0 Å². The van der Waals surface area contributed by atoms with Crippen LogP contribution in [0.3, 0.4) is 0 Å². The molecule has 0 atom stereocenters. The molecule has 10 rings (SSSR count). The summed E-state index contributed by atoms with van der Waals surface area (Å²) >= 11 is 0. The molecule has 0 saturated carbocycles. The van der Waals surface area contributed by atoms with Gasteiger partial charge in [0, 0.05) is 0 Å². The first kappa shape index (κ1) is 11.8. The molecule has 0 aliphatic carbocycles. The largest absolute Gasteiger partial charge is 0.0636 e. The van der Waals surface area contributed by atoms with Gasteiger partial charge in [0.2, 0.25) is 0 Å². The quantitative estimate of drug-likeness (QED) is 0.165. The van der Waals surface area contributed by atoms with E-state index >= 15 is 0 Å². The van der Waals surface area contributed by atoms with Gasteiger partial charge in [-0.2, -0.15) is 0 Å². The second-order valence-electron chi connectivity index (χ2n) is 11.0. The highest BCUT2D eigenvalue weighted by Gasteiger charge is 2.22. The fraction of sp³-hybridized carbons (Fsp3) is 0. The number of hydrogen-bond donors (Lipinski definition) is 0. The molecule has 0 heteroatoms. The third-order valence-corrected chi connectivity index (χ3v) is 8.36. The Morgan fingerprint density at radius 2 is 0.620 bits per heavy atom. The maximum absolute atomic E-state index is 9.67. The summed E-state index contributed by atoms with van der Waals surface area (Å²) in [6.45, 7) is 0. The van der Waals surface area contributed by atoms with E-state index in [0.717, 1.165) is 18.2 Å². The molecule has 0 aliphatic heterocycles. The van der Waals surface area contributed by atoms with E-state index < -0.39 is 263 Å². The van der Waals surface area contributed by atoms with Crippen LogP contribution in [0.4, 0.5) is 0 Å². The fourth-order valence-corrected chi connectivity index (χ4v) is 6.31. The molecule has 0 nitrogen and oxygen atoms in total. The molecule has 232 valence electrons. The lowest BCUT2D eigenvalue weighted by Crippen LogP contribution is -1.94. The molecule has 0 spiro atoms. The first-order chi connectivity index (χ1) is 36.9. The number of benzene rings is 10. The van der Waals surface area contributed by atoms with Crippen molar-refractivity contribution in [1.29, 1.82) is 0 Å². The van der Waals surface area contributed by atoms with Gasteiger partial charge in [-0.1, -0.05) is 187 Å². The van der Waals surface area contributed by atoms with Crippen molar-refractivity contribution in [3.63, 3.8) is 0 Å². The van der Waals surface area contributed by atoms with Crippen LogP contribution >= 0.6 is 0 Å². The van der Waals surface area contributed by atoms with Gasteiger partial charge in [0.15, 0.2) is 0 Å². The minimum Gasteiger partial charge on any atom is -0.0622 e. The van der Waals surface area contributed by atoms with Crippen LogP contribution in [0.25, 0.3) is 98.4 Å². The maximum atomic E-state index is 9.67. The average molecular weight is 662 g/mol. The molecule has 10 aromatic rings. The number of fused-ring (bicyclic) bond motifs is 5. The Balaban J connectivity index is 1.50. The van der Waals surface area contributed by atoms with Gasteiger partial charge in [-0.15, -0.1) is 0 Å². The van der Waals surface area contributed by atoms with Crippen LogP contribution in [0, 0.1) is 0 Å². The fourth-order valence-electron chi connectivity index (χ4n) is 6.31. The summed E-state index contributed by atoms with van der Waals surface area (Å²) in [5.41, 5.74) is -5.00. The Morgan fingerprint density at radius 3 is 1.26 bits per heavy atom. The zero-order valence-corrected chi connectivity index (χ0v) is 25.2. The van der Waals surface area contributed by atoms with Crippen molar-refractivity contribution in [1.82, 2.24) is 0 Å². The zero-order chi connectivity index (χ0) is 58.3. The van der Waals surface area contributed by atoms with Crippen LogP contribution in [0.5, 0.6) is 0 Å². The second-order valence-corrected chi connectivity index (χ2v) is 11.0. The molecule has 0 heterocycles. The minimum absolute atomic E-state index is 0.375. The number of hydrogen-bond acceptors (Lipinski definition) is 0. The summed E-state index contributed by atoms with van der Waals surface area (Å²) < 4.78 is 262. The van der Waals surface area contributed by atoms with Gasteiger partial charge in [-0.25, -0.2) is 0 Å². The van der Waals surface area contributed by atoms with Crippen molar-refractivity contribution in [2.24, 2.45) is 0 Å².